The highest BCUT2D eigenvalue weighted by molar-refractivity contribution is 6.34. The Morgan fingerprint density at radius 1 is 1.41 bits per heavy atom. The van der Waals surface area contributed by atoms with Crippen molar-refractivity contribution in [1.29, 1.82) is 0 Å². The SMILES string of the molecule is CC(=O)NC1CCCN(C(=O)CNc2cccc(C)c2Cl)C1. The van der Waals surface area contributed by atoms with Crippen LogP contribution >= 0.6 is 11.6 Å². The number of nitrogens with one attached hydrogen (secondary N) is 2. The van der Waals surface area contributed by atoms with Crippen molar-refractivity contribution in [3.63, 3.8) is 0 Å². The number of benzene rings is 1. The third-order valence-corrected chi connectivity index (χ3v) is 4.31. The van der Waals surface area contributed by atoms with E-state index in [2.05, 4.69) is 10.6 Å². The fraction of sp³-hybridized carbons (Fsp3) is 0.500. The van der Waals surface area contributed by atoms with Crippen LogP contribution in [0.2, 0.25) is 5.02 Å². The summed E-state index contributed by atoms with van der Waals surface area (Å²) in [5.41, 5.74) is 1.74. The first kappa shape index (κ1) is 16.6. The molecule has 1 fully saturated rings. The number of nitrogens with zero attached hydrogens (tertiary/aromatic N) is 1. The van der Waals surface area contributed by atoms with Gasteiger partial charge in [0.15, 0.2) is 0 Å². The molecule has 1 atom stereocenters. The molecule has 22 heavy (non-hydrogen) atoms. The number of hydrogen-bond acceptors (Lipinski definition) is 3. The minimum absolute atomic E-state index is 0.0209. The number of halogens is 1. The maximum atomic E-state index is 12.3. The van der Waals surface area contributed by atoms with Crippen molar-refractivity contribution < 1.29 is 9.59 Å². The minimum Gasteiger partial charge on any atom is -0.375 e. The summed E-state index contributed by atoms with van der Waals surface area (Å²) in [6.45, 7) is 4.94. The zero-order valence-corrected chi connectivity index (χ0v) is 13.7. The normalized spacial score (nSPS) is 18.0. The second-order valence-corrected chi connectivity index (χ2v) is 6.05. The van der Waals surface area contributed by atoms with Gasteiger partial charge in [-0.15, -0.1) is 0 Å². The number of hydrogen-bond donors (Lipinski definition) is 2. The first-order valence-corrected chi connectivity index (χ1v) is 7.89. The molecule has 0 spiro atoms. The Morgan fingerprint density at radius 2 is 2.18 bits per heavy atom. The van der Waals surface area contributed by atoms with E-state index in [9.17, 15) is 9.59 Å². The number of anilines is 1. The van der Waals surface area contributed by atoms with E-state index in [4.69, 9.17) is 11.6 Å². The lowest BCUT2D eigenvalue weighted by atomic mass is 10.1. The number of rotatable bonds is 4. The second kappa shape index (κ2) is 7.49. The third kappa shape index (κ3) is 4.37. The van der Waals surface area contributed by atoms with Gasteiger partial charge in [0.25, 0.3) is 0 Å². The Hall–Kier alpha value is -1.75. The Bertz CT molecular complexity index is 562. The van der Waals surface area contributed by atoms with Crippen LogP contribution in [0.5, 0.6) is 0 Å². The molecule has 0 radical (unpaired) electrons. The lowest BCUT2D eigenvalue weighted by Gasteiger charge is -2.33. The van der Waals surface area contributed by atoms with Crippen molar-refractivity contribution in [2.24, 2.45) is 0 Å². The maximum absolute atomic E-state index is 12.3. The van der Waals surface area contributed by atoms with Gasteiger partial charge in [-0.25, -0.2) is 0 Å². The van der Waals surface area contributed by atoms with Gasteiger partial charge in [-0.2, -0.15) is 0 Å². The molecule has 1 saturated heterocycles. The third-order valence-electron chi connectivity index (χ3n) is 3.80. The van der Waals surface area contributed by atoms with Crippen molar-refractivity contribution >= 4 is 29.1 Å². The first-order chi connectivity index (χ1) is 10.5. The lowest BCUT2D eigenvalue weighted by Crippen LogP contribution is -2.50. The zero-order valence-electron chi connectivity index (χ0n) is 13.0. The standard InChI is InChI=1S/C16H22ClN3O2/c1-11-5-3-7-14(16(11)17)18-9-15(22)20-8-4-6-13(10-20)19-12(2)21/h3,5,7,13,18H,4,6,8-10H2,1-2H3,(H,19,21). The van der Waals surface area contributed by atoms with E-state index < -0.39 is 0 Å². The van der Waals surface area contributed by atoms with Crippen LogP contribution in [0.1, 0.15) is 25.3 Å². The average molecular weight is 324 g/mol. The highest BCUT2D eigenvalue weighted by atomic mass is 35.5. The summed E-state index contributed by atoms with van der Waals surface area (Å²) in [7, 11) is 0. The van der Waals surface area contributed by atoms with E-state index in [1.165, 1.54) is 6.92 Å². The van der Waals surface area contributed by atoms with Crippen molar-refractivity contribution in [2.45, 2.75) is 32.7 Å². The van der Waals surface area contributed by atoms with E-state index in [-0.39, 0.29) is 24.4 Å². The molecule has 0 saturated carbocycles. The molecule has 1 heterocycles. The Kier molecular flexibility index (Phi) is 5.66. The predicted octanol–water partition coefficient (Wildman–Crippen LogP) is 2.19. The average Bonchev–Trinajstić information content (AvgIpc) is 2.48. The lowest BCUT2D eigenvalue weighted by molar-refractivity contribution is -0.131. The molecule has 1 aromatic carbocycles. The topological polar surface area (TPSA) is 61.4 Å². The van der Waals surface area contributed by atoms with Crippen LogP contribution in [0.4, 0.5) is 5.69 Å². The molecule has 2 N–H and O–H groups in total. The van der Waals surface area contributed by atoms with Crippen LogP contribution in [0.3, 0.4) is 0 Å². The monoisotopic (exact) mass is 323 g/mol. The van der Waals surface area contributed by atoms with Crippen molar-refractivity contribution in [3.8, 4) is 0 Å². The van der Waals surface area contributed by atoms with Gasteiger partial charge < -0.3 is 15.5 Å². The van der Waals surface area contributed by atoms with Gasteiger partial charge in [0.1, 0.15) is 0 Å². The van der Waals surface area contributed by atoms with Crippen molar-refractivity contribution in [3.05, 3.63) is 28.8 Å². The Labute approximate surface area is 136 Å². The van der Waals surface area contributed by atoms with Crippen LogP contribution in [0.15, 0.2) is 18.2 Å². The van der Waals surface area contributed by atoms with Crippen LogP contribution in [0, 0.1) is 6.92 Å². The summed E-state index contributed by atoms with van der Waals surface area (Å²) in [6.07, 6.45) is 1.82. The van der Waals surface area contributed by atoms with E-state index >= 15 is 0 Å². The molecule has 0 aliphatic carbocycles. The molecule has 120 valence electrons. The quantitative estimate of drug-likeness (QED) is 0.893. The fourth-order valence-corrected chi connectivity index (χ4v) is 2.87. The van der Waals surface area contributed by atoms with Gasteiger partial charge in [0.2, 0.25) is 11.8 Å². The molecular weight excluding hydrogens is 302 g/mol. The van der Waals surface area contributed by atoms with Crippen molar-refractivity contribution in [2.75, 3.05) is 25.0 Å². The van der Waals surface area contributed by atoms with Gasteiger partial charge in [0.05, 0.1) is 17.3 Å². The van der Waals surface area contributed by atoms with E-state index in [0.29, 0.717) is 11.6 Å². The largest absolute Gasteiger partial charge is 0.375 e. The molecule has 1 aliphatic rings. The molecule has 1 aromatic rings. The Balaban J connectivity index is 1.89. The summed E-state index contributed by atoms with van der Waals surface area (Å²) < 4.78 is 0. The molecule has 1 aliphatic heterocycles. The summed E-state index contributed by atoms with van der Waals surface area (Å²) >= 11 is 6.21. The summed E-state index contributed by atoms with van der Waals surface area (Å²) in [5, 5.41) is 6.62. The maximum Gasteiger partial charge on any atom is 0.241 e. The van der Waals surface area contributed by atoms with Gasteiger partial charge >= 0.3 is 0 Å². The number of carbonyl (C=O) groups is 2. The molecule has 2 rings (SSSR count). The summed E-state index contributed by atoms with van der Waals surface area (Å²) in [6, 6.07) is 5.75. The molecule has 5 nitrogen and oxygen atoms in total. The molecule has 0 aromatic heterocycles. The van der Waals surface area contributed by atoms with Gasteiger partial charge in [0, 0.05) is 26.1 Å². The van der Waals surface area contributed by atoms with Crippen LogP contribution in [-0.4, -0.2) is 42.4 Å². The Morgan fingerprint density at radius 3 is 2.91 bits per heavy atom. The van der Waals surface area contributed by atoms with Gasteiger partial charge in [-0.1, -0.05) is 23.7 Å². The van der Waals surface area contributed by atoms with Crippen LogP contribution in [-0.2, 0) is 9.59 Å². The van der Waals surface area contributed by atoms with Gasteiger partial charge in [-0.05, 0) is 31.4 Å². The molecule has 0 bridgehead atoms. The van der Waals surface area contributed by atoms with E-state index in [1.807, 2.05) is 25.1 Å². The molecule has 1 unspecified atom stereocenters. The minimum atomic E-state index is -0.0519. The van der Waals surface area contributed by atoms with Crippen molar-refractivity contribution in [1.82, 2.24) is 10.2 Å². The fourth-order valence-electron chi connectivity index (χ4n) is 2.68. The highest BCUT2D eigenvalue weighted by Crippen LogP contribution is 2.24. The number of amides is 2. The zero-order chi connectivity index (χ0) is 16.1. The van der Waals surface area contributed by atoms with E-state index in [0.717, 1.165) is 30.6 Å². The number of piperidine rings is 1. The van der Waals surface area contributed by atoms with E-state index in [1.54, 1.807) is 4.90 Å². The van der Waals surface area contributed by atoms with Crippen LogP contribution in [0.25, 0.3) is 0 Å². The highest BCUT2D eigenvalue weighted by Gasteiger charge is 2.23. The molecular formula is C16H22ClN3O2. The van der Waals surface area contributed by atoms with Crippen LogP contribution < -0.4 is 10.6 Å². The second-order valence-electron chi connectivity index (χ2n) is 5.67. The number of aryl methyl sites for hydroxylation is 1. The predicted molar refractivity (Wildman–Crippen MR) is 88.1 cm³/mol. The number of carbonyl (C=O) groups excluding carboxylic acids is 2. The molecule has 6 heteroatoms. The summed E-state index contributed by atoms with van der Waals surface area (Å²) in [4.78, 5) is 25.2. The number of likely N-dealkylation sites (tertiary alicyclic amines) is 1. The summed E-state index contributed by atoms with van der Waals surface area (Å²) in [5.74, 6) is -0.0309. The molecule has 2 amide bonds. The van der Waals surface area contributed by atoms with Gasteiger partial charge in [-0.3, -0.25) is 9.59 Å². The first-order valence-electron chi connectivity index (χ1n) is 7.51. The smallest absolute Gasteiger partial charge is 0.241 e.